The van der Waals surface area contributed by atoms with Gasteiger partial charge in [0, 0.05) is 49.7 Å². The molecule has 9 nitrogen and oxygen atoms in total. The van der Waals surface area contributed by atoms with Crippen LogP contribution in [0.2, 0.25) is 0 Å². The number of pyridine rings is 2. The van der Waals surface area contributed by atoms with E-state index >= 15 is 0 Å². The number of rotatable bonds is 3. The molecule has 0 spiro atoms. The van der Waals surface area contributed by atoms with Crippen molar-refractivity contribution in [2.45, 2.75) is 32.8 Å². The maximum absolute atomic E-state index is 12.4. The predicted octanol–water partition coefficient (Wildman–Crippen LogP) is 4.13. The van der Waals surface area contributed by atoms with Gasteiger partial charge in [-0.1, -0.05) is 6.08 Å². The third-order valence-corrected chi connectivity index (χ3v) is 6.38. The molecule has 5 rings (SSSR count). The van der Waals surface area contributed by atoms with E-state index in [9.17, 15) is 10.1 Å². The Kier molecular flexibility index (Phi) is 6.37. The molecule has 5 heterocycles. The third kappa shape index (κ3) is 4.90. The topological polar surface area (TPSA) is 96.0 Å². The molecule has 36 heavy (non-hydrogen) atoms. The molecule has 0 saturated carbocycles. The number of carbonyl (C=O) groups excluding carboxylic acids is 1. The maximum atomic E-state index is 12.4. The molecule has 0 unspecified atom stereocenters. The molecule has 0 N–H and O–H groups in total. The van der Waals surface area contributed by atoms with Crippen LogP contribution < -0.4 is 4.90 Å². The van der Waals surface area contributed by atoms with Crippen molar-refractivity contribution in [2.24, 2.45) is 0 Å². The summed E-state index contributed by atoms with van der Waals surface area (Å²) in [6, 6.07) is 8.41. The molecule has 0 aromatic carbocycles. The number of ether oxygens (including phenoxy) is 2. The van der Waals surface area contributed by atoms with Crippen LogP contribution in [0.3, 0.4) is 0 Å². The first-order valence-electron chi connectivity index (χ1n) is 12.2. The molecule has 1 saturated heterocycles. The fourth-order valence-corrected chi connectivity index (χ4v) is 4.57. The molecule has 9 heteroatoms. The van der Waals surface area contributed by atoms with Gasteiger partial charge in [-0.25, -0.2) is 14.3 Å². The van der Waals surface area contributed by atoms with Crippen LogP contribution in [0.15, 0.2) is 42.9 Å². The lowest BCUT2D eigenvalue weighted by Crippen LogP contribution is -2.50. The van der Waals surface area contributed by atoms with Gasteiger partial charge in [0.05, 0.1) is 30.5 Å². The van der Waals surface area contributed by atoms with Crippen LogP contribution in [0.4, 0.5) is 10.6 Å². The van der Waals surface area contributed by atoms with Gasteiger partial charge in [0.25, 0.3) is 0 Å². The molecule has 0 radical (unpaired) electrons. The van der Waals surface area contributed by atoms with Gasteiger partial charge in [-0.3, -0.25) is 0 Å². The van der Waals surface area contributed by atoms with Crippen molar-refractivity contribution >= 4 is 23.0 Å². The minimum absolute atomic E-state index is 0.275. The summed E-state index contributed by atoms with van der Waals surface area (Å²) in [4.78, 5) is 21.0. The van der Waals surface area contributed by atoms with Crippen LogP contribution in [-0.2, 0) is 9.47 Å². The fraction of sp³-hybridized carbons (Fsp3) is 0.407. The van der Waals surface area contributed by atoms with Gasteiger partial charge >= 0.3 is 6.09 Å². The molecule has 0 atom stereocenters. The summed E-state index contributed by atoms with van der Waals surface area (Å²) in [5.41, 5.74) is 4.91. The Morgan fingerprint density at radius 1 is 1.14 bits per heavy atom. The highest BCUT2D eigenvalue weighted by molar-refractivity contribution is 5.87. The first-order chi connectivity index (χ1) is 17.3. The van der Waals surface area contributed by atoms with E-state index in [0.717, 1.165) is 34.4 Å². The number of fused-ring (bicyclic) bond motifs is 1. The van der Waals surface area contributed by atoms with E-state index in [-0.39, 0.29) is 6.09 Å². The van der Waals surface area contributed by atoms with Gasteiger partial charge < -0.3 is 19.3 Å². The van der Waals surface area contributed by atoms with Gasteiger partial charge in [-0.05, 0) is 56.5 Å². The average Bonchev–Trinajstić information content (AvgIpc) is 3.31. The van der Waals surface area contributed by atoms with Crippen molar-refractivity contribution in [3.8, 4) is 17.2 Å². The lowest BCUT2D eigenvalue weighted by molar-refractivity contribution is 0.0240. The summed E-state index contributed by atoms with van der Waals surface area (Å²) in [6.07, 6.45) is 8.09. The van der Waals surface area contributed by atoms with Gasteiger partial charge in [0.15, 0.2) is 0 Å². The SMILES string of the molecule is CC(C)(C)OC(=O)N1CCN(c2ccc(-c3cc(C4=CCOCC4)cn4ncc(C#N)c34)cn2)CC1. The number of amides is 1. The highest BCUT2D eigenvalue weighted by Crippen LogP contribution is 2.32. The number of nitrogens with zero attached hydrogens (tertiary/aromatic N) is 6. The minimum atomic E-state index is -0.503. The zero-order valence-electron chi connectivity index (χ0n) is 20.9. The number of hydrogen-bond donors (Lipinski definition) is 0. The highest BCUT2D eigenvalue weighted by atomic mass is 16.6. The van der Waals surface area contributed by atoms with Gasteiger partial charge in [-0.2, -0.15) is 10.4 Å². The van der Waals surface area contributed by atoms with Crippen molar-refractivity contribution in [1.29, 1.82) is 5.26 Å². The van der Waals surface area contributed by atoms with Crippen LogP contribution in [-0.4, -0.2) is 70.6 Å². The number of anilines is 1. The number of hydrogen-bond acceptors (Lipinski definition) is 7. The Bertz CT molecular complexity index is 1340. The fourth-order valence-electron chi connectivity index (χ4n) is 4.57. The summed E-state index contributed by atoms with van der Waals surface area (Å²) in [7, 11) is 0. The van der Waals surface area contributed by atoms with E-state index in [1.54, 1.807) is 15.6 Å². The van der Waals surface area contributed by atoms with Crippen molar-refractivity contribution < 1.29 is 14.3 Å². The molecule has 3 aromatic rings. The normalized spacial score (nSPS) is 16.6. The number of piperazine rings is 1. The standard InChI is InChI=1S/C27H30N6O3/c1-27(2,3)36-26(34)32-10-8-31(9-11-32)24-5-4-20(16-29-24)23-14-21(19-6-12-35-13-7-19)18-33-25(23)22(15-28)17-30-33/h4-6,14,16-18H,7-13H2,1-3H3. The van der Waals surface area contributed by atoms with Crippen LogP contribution in [0, 0.1) is 11.3 Å². The summed E-state index contributed by atoms with van der Waals surface area (Å²) in [5, 5.41) is 14.1. The molecular weight excluding hydrogens is 456 g/mol. The van der Waals surface area contributed by atoms with E-state index in [2.05, 4.69) is 28.2 Å². The Morgan fingerprint density at radius 2 is 1.94 bits per heavy atom. The quantitative estimate of drug-likeness (QED) is 0.549. The molecule has 2 aliphatic heterocycles. The van der Waals surface area contributed by atoms with Crippen molar-refractivity contribution in [3.63, 3.8) is 0 Å². The van der Waals surface area contributed by atoms with E-state index in [4.69, 9.17) is 14.5 Å². The molecule has 1 fully saturated rings. The molecule has 0 aliphatic carbocycles. The number of aromatic nitrogens is 3. The Hall–Kier alpha value is -3.90. The zero-order valence-corrected chi connectivity index (χ0v) is 20.9. The van der Waals surface area contributed by atoms with Gasteiger partial charge in [0.2, 0.25) is 0 Å². The molecule has 0 bridgehead atoms. The first kappa shape index (κ1) is 23.8. The van der Waals surface area contributed by atoms with E-state index in [1.165, 1.54) is 5.57 Å². The average molecular weight is 487 g/mol. The summed E-state index contributed by atoms with van der Waals surface area (Å²) in [6.45, 7) is 9.45. The second-order valence-corrected chi connectivity index (χ2v) is 10.0. The van der Waals surface area contributed by atoms with E-state index < -0.39 is 5.60 Å². The van der Waals surface area contributed by atoms with Gasteiger partial charge in [-0.15, -0.1) is 0 Å². The van der Waals surface area contributed by atoms with Crippen molar-refractivity contribution in [2.75, 3.05) is 44.3 Å². The maximum Gasteiger partial charge on any atom is 0.410 e. The lowest BCUT2D eigenvalue weighted by Gasteiger charge is -2.36. The lowest BCUT2D eigenvalue weighted by atomic mass is 9.98. The minimum Gasteiger partial charge on any atom is -0.444 e. The molecule has 3 aromatic heterocycles. The Balaban J connectivity index is 1.38. The van der Waals surface area contributed by atoms with Crippen LogP contribution in [0.25, 0.3) is 22.2 Å². The van der Waals surface area contributed by atoms with Crippen LogP contribution >= 0.6 is 0 Å². The summed E-state index contributed by atoms with van der Waals surface area (Å²) >= 11 is 0. The van der Waals surface area contributed by atoms with E-state index in [0.29, 0.717) is 45.0 Å². The molecule has 186 valence electrons. The van der Waals surface area contributed by atoms with E-state index in [1.807, 2.05) is 45.3 Å². The van der Waals surface area contributed by atoms with Crippen molar-refractivity contribution in [1.82, 2.24) is 19.5 Å². The second kappa shape index (κ2) is 9.63. The Labute approximate surface area is 210 Å². The number of nitriles is 1. The Morgan fingerprint density at radius 3 is 2.58 bits per heavy atom. The van der Waals surface area contributed by atoms with Gasteiger partial charge in [0.1, 0.15) is 17.5 Å². The summed E-state index contributed by atoms with van der Waals surface area (Å²) < 4.78 is 12.7. The zero-order chi connectivity index (χ0) is 25.3. The second-order valence-electron chi connectivity index (χ2n) is 10.0. The molecular formula is C27H30N6O3. The third-order valence-electron chi connectivity index (χ3n) is 6.38. The molecule has 1 amide bonds. The predicted molar refractivity (Wildman–Crippen MR) is 137 cm³/mol. The van der Waals surface area contributed by atoms with Crippen molar-refractivity contribution in [3.05, 3.63) is 54.0 Å². The summed E-state index contributed by atoms with van der Waals surface area (Å²) in [5.74, 6) is 0.857. The number of carbonyl (C=O) groups is 1. The molecule has 2 aliphatic rings. The largest absolute Gasteiger partial charge is 0.444 e. The smallest absolute Gasteiger partial charge is 0.410 e. The van der Waals surface area contributed by atoms with Crippen LogP contribution in [0.1, 0.15) is 38.3 Å². The highest BCUT2D eigenvalue weighted by Gasteiger charge is 2.26. The first-order valence-corrected chi connectivity index (χ1v) is 12.2. The monoisotopic (exact) mass is 486 g/mol. The van der Waals surface area contributed by atoms with Crippen LogP contribution in [0.5, 0.6) is 0 Å².